The number of carboxylic acids is 1. The Balaban J connectivity index is 2.18. The van der Waals surface area contributed by atoms with Gasteiger partial charge in [-0.2, -0.15) is 0 Å². The van der Waals surface area contributed by atoms with E-state index in [0.29, 0.717) is 5.75 Å². The lowest BCUT2D eigenvalue weighted by atomic mass is 9.91. The highest BCUT2D eigenvalue weighted by atomic mass is 79.9. The summed E-state index contributed by atoms with van der Waals surface area (Å²) in [7, 11) is 3.51. The lowest BCUT2D eigenvalue weighted by Crippen LogP contribution is -2.12. The second kappa shape index (κ2) is 6.08. The average molecular weight is 374 g/mol. The summed E-state index contributed by atoms with van der Waals surface area (Å²) in [5.41, 5.74) is 2.51. The van der Waals surface area contributed by atoms with Gasteiger partial charge < -0.3 is 14.4 Å². The van der Waals surface area contributed by atoms with Crippen LogP contribution in [-0.4, -0.2) is 22.8 Å². The average Bonchev–Trinajstić information content (AvgIpc) is 2.84. The number of rotatable bonds is 4. The molecule has 0 aliphatic carbocycles. The van der Waals surface area contributed by atoms with E-state index in [1.54, 1.807) is 31.4 Å². The summed E-state index contributed by atoms with van der Waals surface area (Å²) in [6, 6.07) is 13.1. The van der Waals surface area contributed by atoms with Gasteiger partial charge in [0, 0.05) is 28.6 Å². The van der Waals surface area contributed by atoms with Gasteiger partial charge in [-0.15, -0.1) is 0 Å². The summed E-state index contributed by atoms with van der Waals surface area (Å²) in [6.45, 7) is 0. The third-order valence-corrected chi connectivity index (χ3v) is 4.48. The molecule has 0 spiro atoms. The summed E-state index contributed by atoms with van der Waals surface area (Å²) in [6.07, 6.45) is 1.89. The molecule has 5 heteroatoms. The molecule has 0 radical (unpaired) electrons. The van der Waals surface area contributed by atoms with Crippen LogP contribution in [0.25, 0.3) is 10.9 Å². The Kier molecular flexibility index (Phi) is 4.13. The van der Waals surface area contributed by atoms with Crippen molar-refractivity contribution in [2.75, 3.05) is 7.11 Å². The van der Waals surface area contributed by atoms with Crippen LogP contribution < -0.4 is 4.74 Å². The van der Waals surface area contributed by atoms with Gasteiger partial charge in [0.25, 0.3) is 0 Å². The Hall–Kier alpha value is -2.27. The lowest BCUT2D eigenvalue weighted by Gasteiger charge is -2.13. The molecule has 3 rings (SSSR count). The summed E-state index contributed by atoms with van der Waals surface area (Å²) in [5.74, 6) is -0.889. The molecule has 0 fully saturated rings. The Morgan fingerprint density at radius 2 is 1.91 bits per heavy atom. The molecule has 0 saturated heterocycles. The molecule has 1 aromatic heterocycles. The third-order valence-electron chi connectivity index (χ3n) is 3.99. The molecule has 2 aromatic carbocycles. The van der Waals surface area contributed by atoms with Crippen molar-refractivity contribution in [3.63, 3.8) is 0 Å². The highest BCUT2D eigenvalue weighted by Gasteiger charge is 2.26. The minimum atomic E-state index is -0.873. The van der Waals surface area contributed by atoms with E-state index in [-0.39, 0.29) is 0 Å². The van der Waals surface area contributed by atoms with Crippen LogP contribution in [0.1, 0.15) is 17.0 Å². The standard InChI is InChI=1S/C18H16BrNO3/c1-20-10-15(14-9-12(19)5-8-16(14)20)17(18(21)22)11-3-6-13(23-2)7-4-11/h3-10,17H,1-2H3,(H,21,22). The highest BCUT2D eigenvalue weighted by Crippen LogP contribution is 2.34. The molecule has 0 bridgehead atoms. The number of carbonyl (C=O) groups is 1. The molecule has 1 atom stereocenters. The number of hydrogen-bond donors (Lipinski definition) is 1. The fraction of sp³-hybridized carbons (Fsp3) is 0.167. The second-order valence-corrected chi connectivity index (χ2v) is 6.32. The molecule has 1 unspecified atom stereocenters. The van der Waals surface area contributed by atoms with Crippen LogP contribution in [0.2, 0.25) is 0 Å². The molecular formula is C18H16BrNO3. The first kappa shape index (κ1) is 15.6. The van der Waals surface area contributed by atoms with Gasteiger partial charge in [-0.3, -0.25) is 4.79 Å². The number of hydrogen-bond acceptors (Lipinski definition) is 2. The molecular weight excluding hydrogens is 358 g/mol. The number of benzene rings is 2. The van der Waals surface area contributed by atoms with E-state index < -0.39 is 11.9 Å². The van der Waals surface area contributed by atoms with Crippen molar-refractivity contribution >= 4 is 32.8 Å². The van der Waals surface area contributed by atoms with Gasteiger partial charge in [0.05, 0.1) is 7.11 Å². The fourth-order valence-corrected chi connectivity index (χ4v) is 3.24. The maximum atomic E-state index is 11.9. The largest absolute Gasteiger partial charge is 0.497 e. The zero-order valence-corrected chi connectivity index (χ0v) is 14.4. The molecule has 1 heterocycles. The minimum Gasteiger partial charge on any atom is -0.497 e. The molecule has 4 nitrogen and oxygen atoms in total. The maximum Gasteiger partial charge on any atom is 0.315 e. The van der Waals surface area contributed by atoms with Crippen molar-refractivity contribution in [2.45, 2.75) is 5.92 Å². The van der Waals surface area contributed by atoms with E-state index in [1.807, 2.05) is 36.0 Å². The monoisotopic (exact) mass is 373 g/mol. The van der Waals surface area contributed by atoms with Crippen LogP contribution in [0.4, 0.5) is 0 Å². The summed E-state index contributed by atoms with van der Waals surface area (Å²) < 4.78 is 8.03. The van der Waals surface area contributed by atoms with E-state index in [1.165, 1.54) is 0 Å². The Labute approximate surface area is 142 Å². The first-order chi connectivity index (χ1) is 11.0. The van der Waals surface area contributed by atoms with E-state index in [4.69, 9.17) is 4.74 Å². The number of aromatic nitrogens is 1. The van der Waals surface area contributed by atoms with Crippen molar-refractivity contribution in [1.82, 2.24) is 4.57 Å². The summed E-state index contributed by atoms with van der Waals surface area (Å²) >= 11 is 3.46. The first-order valence-corrected chi connectivity index (χ1v) is 7.92. The highest BCUT2D eigenvalue weighted by molar-refractivity contribution is 9.10. The predicted octanol–water partition coefficient (Wildman–Crippen LogP) is 4.17. The number of nitrogens with zero attached hydrogens (tertiary/aromatic N) is 1. The number of aryl methyl sites for hydroxylation is 1. The summed E-state index contributed by atoms with van der Waals surface area (Å²) in [4.78, 5) is 11.9. The zero-order valence-electron chi connectivity index (χ0n) is 12.8. The molecule has 0 saturated carbocycles. The van der Waals surface area contributed by atoms with Gasteiger partial charge in [-0.1, -0.05) is 28.1 Å². The van der Waals surface area contributed by atoms with Gasteiger partial charge in [0.15, 0.2) is 0 Å². The Morgan fingerprint density at radius 1 is 1.22 bits per heavy atom. The number of halogens is 1. The predicted molar refractivity (Wildman–Crippen MR) is 93.1 cm³/mol. The topological polar surface area (TPSA) is 51.5 Å². The van der Waals surface area contributed by atoms with Gasteiger partial charge in [0.1, 0.15) is 11.7 Å². The maximum absolute atomic E-state index is 11.9. The van der Waals surface area contributed by atoms with Crippen molar-refractivity contribution in [1.29, 1.82) is 0 Å². The number of ether oxygens (including phenoxy) is 1. The molecule has 0 aliphatic rings. The normalized spacial score (nSPS) is 12.3. The quantitative estimate of drug-likeness (QED) is 0.746. The van der Waals surface area contributed by atoms with Gasteiger partial charge in [-0.25, -0.2) is 0 Å². The van der Waals surface area contributed by atoms with Crippen molar-refractivity contribution in [2.24, 2.45) is 7.05 Å². The Bertz CT molecular complexity index is 868. The SMILES string of the molecule is COc1ccc(C(C(=O)O)c2cn(C)c3ccc(Br)cc23)cc1. The van der Waals surface area contributed by atoms with Crippen LogP contribution >= 0.6 is 15.9 Å². The molecule has 23 heavy (non-hydrogen) atoms. The number of carboxylic acid groups (broad SMARTS) is 1. The van der Waals surface area contributed by atoms with E-state index in [9.17, 15) is 9.90 Å². The van der Waals surface area contributed by atoms with Crippen LogP contribution in [0.5, 0.6) is 5.75 Å². The van der Waals surface area contributed by atoms with Crippen LogP contribution in [-0.2, 0) is 11.8 Å². The molecule has 0 amide bonds. The summed E-state index contributed by atoms with van der Waals surface area (Å²) in [5, 5.41) is 10.7. The molecule has 0 aliphatic heterocycles. The number of aliphatic carboxylic acids is 1. The van der Waals surface area contributed by atoms with Crippen molar-refractivity contribution in [3.05, 3.63) is 64.3 Å². The lowest BCUT2D eigenvalue weighted by molar-refractivity contribution is -0.137. The Morgan fingerprint density at radius 3 is 2.52 bits per heavy atom. The first-order valence-electron chi connectivity index (χ1n) is 7.12. The van der Waals surface area contributed by atoms with Crippen molar-refractivity contribution in [3.8, 4) is 5.75 Å². The zero-order chi connectivity index (χ0) is 16.6. The molecule has 1 N–H and O–H groups in total. The molecule has 118 valence electrons. The van der Waals surface area contributed by atoms with Gasteiger partial charge >= 0.3 is 5.97 Å². The van der Waals surface area contributed by atoms with Crippen LogP contribution in [0, 0.1) is 0 Å². The van der Waals surface area contributed by atoms with Crippen LogP contribution in [0.15, 0.2) is 53.1 Å². The van der Waals surface area contributed by atoms with E-state index in [0.717, 1.165) is 26.5 Å². The van der Waals surface area contributed by atoms with Crippen molar-refractivity contribution < 1.29 is 14.6 Å². The smallest absolute Gasteiger partial charge is 0.315 e. The number of fused-ring (bicyclic) bond motifs is 1. The van der Waals surface area contributed by atoms with Crippen LogP contribution in [0.3, 0.4) is 0 Å². The fourth-order valence-electron chi connectivity index (χ4n) is 2.88. The van der Waals surface area contributed by atoms with E-state index in [2.05, 4.69) is 15.9 Å². The third kappa shape index (κ3) is 2.84. The van der Waals surface area contributed by atoms with Gasteiger partial charge in [0.2, 0.25) is 0 Å². The second-order valence-electron chi connectivity index (χ2n) is 5.40. The van der Waals surface area contributed by atoms with Gasteiger partial charge in [-0.05, 0) is 41.5 Å². The number of methoxy groups -OCH3 is 1. The minimum absolute atomic E-state index is 0.707. The van der Waals surface area contributed by atoms with E-state index >= 15 is 0 Å². The molecule has 3 aromatic rings.